The van der Waals surface area contributed by atoms with Gasteiger partial charge in [-0.25, -0.2) is 4.98 Å². The molecule has 3 atom stereocenters. The molecule has 33 heavy (non-hydrogen) atoms. The Hall–Kier alpha value is -3.26. The Morgan fingerprint density at radius 1 is 1.09 bits per heavy atom. The highest BCUT2D eigenvalue weighted by Gasteiger charge is 2.41. The third kappa shape index (κ3) is 4.35. The number of piperidine rings is 1. The molecular formula is C25H29N5O3. The van der Waals surface area contributed by atoms with Crippen LogP contribution in [0, 0.1) is 5.92 Å². The fourth-order valence-corrected chi connectivity index (χ4v) is 4.62. The summed E-state index contributed by atoms with van der Waals surface area (Å²) in [7, 11) is 0. The first kappa shape index (κ1) is 21.6. The van der Waals surface area contributed by atoms with Crippen LogP contribution >= 0.6 is 0 Å². The average Bonchev–Trinajstić information content (AvgIpc) is 3.56. The predicted molar refractivity (Wildman–Crippen MR) is 122 cm³/mol. The number of benzene rings is 1. The van der Waals surface area contributed by atoms with E-state index in [1.807, 2.05) is 48.2 Å². The van der Waals surface area contributed by atoms with E-state index in [0.717, 1.165) is 31.2 Å². The summed E-state index contributed by atoms with van der Waals surface area (Å²) in [4.78, 5) is 21.2. The van der Waals surface area contributed by atoms with Gasteiger partial charge in [-0.05, 0) is 69.2 Å². The number of carbonyl (C=O) groups is 1. The zero-order chi connectivity index (χ0) is 23.0. The topological polar surface area (TPSA) is 93.4 Å². The van der Waals surface area contributed by atoms with Gasteiger partial charge in [-0.15, -0.1) is 0 Å². The Bertz CT molecular complexity index is 1130. The molecule has 5 rings (SSSR count). The number of para-hydroxylation sites is 1. The number of hydrogen-bond acceptors (Lipinski definition) is 6. The van der Waals surface area contributed by atoms with Gasteiger partial charge in [0.15, 0.2) is 0 Å². The number of aromatic nitrogens is 4. The van der Waals surface area contributed by atoms with E-state index >= 15 is 0 Å². The lowest BCUT2D eigenvalue weighted by Crippen LogP contribution is -2.49. The molecule has 8 nitrogen and oxygen atoms in total. The van der Waals surface area contributed by atoms with Crippen molar-refractivity contribution >= 4 is 5.91 Å². The first-order valence-electron chi connectivity index (χ1n) is 11.6. The number of pyridine rings is 1. The molecule has 3 heterocycles. The fraction of sp³-hybridized carbons (Fsp3) is 0.440. The van der Waals surface area contributed by atoms with Gasteiger partial charge in [-0.3, -0.25) is 4.79 Å². The number of carbonyl (C=O) groups excluding carboxylic acids is 1. The normalized spacial score (nSPS) is 22.6. The monoisotopic (exact) mass is 447 g/mol. The maximum atomic E-state index is 13.5. The first-order chi connectivity index (χ1) is 15.9. The van der Waals surface area contributed by atoms with E-state index in [-0.39, 0.29) is 18.1 Å². The lowest BCUT2D eigenvalue weighted by Gasteiger charge is -2.38. The summed E-state index contributed by atoms with van der Waals surface area (Å²) >= 11 is 0. The highest BCUT2D eigenvalue weighted by atomic mass is 16.5. The Kier molecular flexibility index (Phi) is 5.62. The molecule has 0 radical (unpaired) electrons. The zero-order valence-electron chi connectivity index (χ0n) is 19.0. The molecule has 1 unspecified atom stereocenters. The Morgan fingerprint density at radius 2 is 1.85 bits per heavy atom. The van der Waals surface area contributed by atoms with Gasteiger partial charge in [0.2, 0.25) is 5.88 Å². The van der Waals surface area contributed by atoms with Gasteiger partial charge in [-0.2, -0.15) is 15.0 Å². The number of aliphatic hydroxyl groups is 1. The number of rotatable bonds is 6. The first-order valence-corrected chi connectivity index (χ1v) is 11.6. The van der Waals surface area contributed by atoms with Crippen LogP contribution in [0.5, 0.6) is 5.88 Å². The molecule has 3 aromatic rings. The summed E-state index contributed by atoms with van der Waals surface area (Å²) in [6, 6.07) is 11.2. The lowest BCUT2D eigenvalue weighted by atomic mass is 9.92. The van der Waals surface area contributed by atoms with Crippen LogP contribution in [-0.2, 0) is 5.60 Å². The number of likely N-dealkylation sites (tertiary alicyclic amines) is 1. The molecule has 2 fully saturated rings. The molecule has 1 aromatic carbocycles. The van der Waals surface area contributed by atoms with E-state index < -0.39 is 5.60 Å². The second-order valence-electron chi connectivity index (χ2n) is 9.26. The summed E-state index contributed by atoms with van der Waals surface area (Å²) in [6.07, 6.45) is 8.44. The molecule has 0 bridgehead atoms. The molecule has 1 aliphatic heterocycles. The predicted octanol–water partition coefficient (Wildman–Crippen LogP) is 3.35. The summed E-state index contributed by atoms with van der Waals surface area (Å²) in [5, 5.41) is 19.3. The molecule has 2 aromatic heterocycles. The van der Waals surface area contributed by atoms with E-state index in [0.29, 0.717) is 29.6 Å². The van der Waals surface area contributed by atoms with Crippen molar-refractivity contribution in [3.8, 4) is 11.6 Å². The molecule has 1 N–H and O–H groups in total. The van der Waals surface area contributed by atoms with Gasteiger partial charge < -0.3 is 14.7 Å². The van der Waals surface area contributed by atoms with E-state index in [4.69, 9.17) is 4.74 Å². The molecule has 1 saturated heterocycles. The minimum absolute atomic E-state index is 0.0675. The molecule has 1 amide bonds. The van der Waals surface area contributed by atoms with E-state index in [9.17, 15) is 9.90 Å². The van der Waals surface area contributed by atoms with Crippen LogP contribution in [0.25, 0.3) is 5.69 Å². The summed E-state index contributed by atoms with van der Waals surface area (Å²) in [5.74, 6) is 0.712. The van der Waals surface area contributed by atoms with E-state index in [1.54, 1.807) is 18.6 Å². The Balaban J connectivity index is 1.33. The lowest BCUT2D eigenvalue weighted by molar-refractivity contribution is 0.0306. The van der Waals surface area contributed by atoms with Crippen molar-refractivity contribution in [1.82, 2.24) is 24.9 Å². The SMILES string of the molecule is C[C@@H]1CC[C@@H](Oc2cc(C(C)(O)C3CC3)ccn2)CN1C(=O)c1ccccc1-n1nccn1. The van der Waals surface area contributed by atoms with Crippen LogP contribution in [-0.4, -0.2) is 54.6 Å². The third-order valence-electron chi connectivity index (χ3n) is 6.85. The quantitative estimate of drug-likeness (QED) is 0.623. The third-order valence-corrected chi connectivity index (χ3v) is 6.85. The fourth-order valence-electron chi connectivity index (χ4n) is 4.62. The van der Waals surface area contributed by atoms with Crippen molar-refractivity contribution in [2.45, 2.75) is 57.3 Å². The second kappa shape index (κ2) is 8.59. The van der Waals surface area contributed by atoms with Crippen molar-refractivity contribution in [1.29, 1.82) is 0 Å². The standard InChI is InChI=1S/C25H29N5O3/c1-17-7-10-20(33-23-15-19(11-12-26-23)25(2,32)18-8-9-18)16-29(17)24(31)21-5-3-4-6-22(21)30-27-13-14-28-30/h3-6,11-15,17-18,20,32H,7-10,16H2,1-2H3/t17-,20-,25?/m1/s1. The number of ether oxygens (including phenoxy) is 1. The van der Waals surface area contributed by atoms with E-state index in [2.05, 4.69) is 22.1 Å². The van der Waals surface area contributed by atoms with Crippen LogP contribution < -0.4 is 4.74 Å². The minimum Gasteiger partial charge on any atom is -0.472 e. The molecule has 172 valence electrons. The Labute approximate surface area is 193 Å². The van der Waals surface area contributed by atoms with Crippen molar-refractivity contribution in [3.63, 3.8) is 0 Å². The largest absolute Gasteiger partial charge is 0.472 e. The van der Waals surface area contributed by atoms with Crippen LogP contribution in [0.1, 0.15) is 55.5 Å². The summed E-state index contributed by atoms with van der Waals surface area (Å²) in [6.45, 7) is 4.39. The molecule has 1 aliphatic carbocycles. The maximum absolute atomic E-state index is 13.5. The number of nitrogens with zero attached hydrogens (tertiary/aromatic N) is 5. The van der Waals surface area contributed by atoms with Gasteiger partial charge in [0.25, 0.3) is 5.91 Å². The smallest absolute Gasteiger partial charge is 0.256 e. The minimum atomic E-state index is -0.867. The maximum Gasteiger partial charge on any atom is 0.256 e. The van der Waals surface area contributed by atoms with Gasteiger partial charge in [0.05, 0.1) is 35.8 Å². The number of amides is 1. The van der Waals surface area contributed by atoms with Crippen LogP contribution in [0.4, 0.5) is 0 Å². The summed E-state index contributed by atoms with van der Waals surface area (Å²) in [5.41, 5.74) is 1.17. The van der Waals surface area contributed by atoms with E-state index in [1.165, 1.54) is 4.80 Å². The van der Waals surface area contributed by atoms with Gasteiger partial charge in [0.1, 0.15) is 6.10 Å². The average molecular weight is 448 g/mol. The van der Waals surface area contributed by atoms with Gasteiger partial charge >= 0.3 is 0 Å². The highest BCUT2D eigenvalue weighted by Crippen LogP contribution is 2.45. The summed E-state index contributed by atoms with van der Waals surface area (Å²) < 4.78 is 6.21. The molecule has 0 spiro atoms. The molecule has 8 heteroatoms. The second-order valence-corrected chi connectivity index (χ2v) is 9.26. The van der Waals surface area contributed by atoms with Crippen molar-refractivity contribution in [2.75, 3.05) is 6.54 Å². The molecule has 1 saturated carbocycles. The highest BCUT2D eigenvalue weighted by molar-refractivity contribution is 5.98. The van der Waals surface area contributed by atoms with Crippen molar-refractivity contribution < 1.29 is 14.6 Å². The molecular weight excluding hydrogens is 418 g/mol. The van der Waals surface area contributed by atoms with Crippen LogP contribution in [0.3, 0.4) is 0 Å². The van der Waals surface area contributed by atoms with Crippen LogP contribution in [0.15, 0.2) is 55.0 Å². The number of hydrogen-bond donors (Lipinski definition) is 1. The van der Waals surface area contributed by atoms with Crippen molar-refractivity contribution in [2.24, 2.45) is 5.92 Å². The zero-order valence-corrected chi connectivity index (χ0v) is 19.0. The van der Waals surface area contributed by atoms with Crippen LogP contribution in [0.2, 0.25) is 0 Å². The molecule has 2 aliphatic rings. The van der Waals surface area contributed by atoms with Gasteiger partial charge in [0, 0.05) is 18.3 Å². The van der Waals surface area contributed by atoms with Gasteiger partial charge in [-0.1, -0.05) is 12.1 Å². The Morgan fingerprint density at radius 3 is 2.61 bits per heavy atom. The van der Waals surface area contributed by atoms with Crippen molar-refractivity contribution in [3.05, 3.63) is 66.1 Å².